The Kier molecular flexibility index (Phi) is 4.88. The fraction of sp³-hybridized carbons (Fsp3) is 0.385. The maximum absolute atomic E-state index is 11.7. The summed E-state index contributed by atoms with van der Waals surface area (Å²) in [5.74, 6) is -1.38. The Morgan fingerprint density at radius 2 is 2.00 bits per heavy atom. The zero-order valence-corrected chi connectivity index (χ0v) is 11.2. The van der Waals surface area contributed by atoms with Gasteiger partial charge in [0.2, 0.25) is 0 Å². The summed E-state index contributed by atoms with van der Waals surface area (Å²) in [6.45, 7) is 3.72. The fourth-order valence-corrected chi connectivity index (χ4v) is 1.89. The van der Waals surface area contributed by atoms with Crippen molar-refractivity contribution in [2.24, 2.45) is 0 Å². The number of nitrogen functional groups attached to an aromatic ring is 1. The molecule has 4 N–H and O–H groups in total. The molecule has 0 spiro atoms. The van der Waals surface area contributed by atoms with Gasteiger partial charge in [-0.15, -0.1) is 0 Å². The van der Waals surface area contributed by atoms with Gasteiger partial charge in [0.1, 0.15) is 0 Å². The van der Waals surface area contributed by atoms with Crippen LogP contribution in [0.4, 0.5) is 5.69 Å². The Morgan fingerprint density at radius 3 is 2.53 bits per heavy atom. The summed E-state index contributed by atoms with van der Waals surface area (Å²) < 4.78 is 4.74. The van der Waals surface area contributed by atoms with Crippen molar-refractivity contribution in [1.82, 2.24) is 5.32 Å². The molecule has 0 unspecified atom stereocenters. The topological polar surface area (TPSA) is 102 Å². The fourth-order valence-electron chi connectivity index (χ4n) is 1.89. The molecule has 6 heteroatoms. The number of hydrogen-bond acceptors (Lipinski definition) is 5. The van der Waals surface area contributed by atoms with Crippen molar-refractivity contribution in [3.05, 3.63) is 28.3 Å². The molecule has 0 aromatic heterocycles. The van der Waals surface area contributed by atoms with Crippen LogP contribution in [0.2, 0.25) is 0 Å². The molecular formula is C13H18N2O4. The van der Waals surface area contributed by atoms with E-state index in [1.54, 1.807) is 19.9 Å². The van der Waals surface area contributed by atoms with Crippen LogP contribution in [0, 0.1) is 13.8 Å². The normalized spacial score (nSPS) is 10.3. The first kappa shape index (κ1) is 15.0. The molecule has 0 atom stereocenters. The summed E-state index contributed by atoms with van der Waals surface area (Å²) in [4.78, 5) is 22.2. The standard InChI is InChI=1S/C13H18N2O4/c1-7-9(5-15-6-11(16)17)4-10(14)8(2)12(7)13(18)19-3/h4,15H,5-6,14H2,1-3H3,(H,16,17). The number of carboxylic acids is 1. The molecule has 0 heterocycles. The lowest BCUT2D eigenvalue weighted by Crippen LogP contribution is -2.23. The van der Waals surface area contributed by atoms with Gasteiger partial charge in [-0.2, -0.15) is 0 Å². The Hall–Kier alpha value is -2.08. The molecule has 0 aliphatic rings. The van der Waals surface area contributed by atoms with E-state index in [1.807, 2.05) is 0 Å². The Balaban J connectivity index is 3.09. The van der Waals surface area contributed by atoms with Gasteiger partial charge in [0.15, 0.2) is 0 Å². The van der Waals surface area contributed by atoms with Gasteiger partial charge in [-0.1, -0.05) is 0 Å². The van der Waals surface area contributed by atoms with Gasteiger partial charge in [-0.05, 0) is 36.6 Å². The summed E-state index contributed by atoms with van der Waals surface area (Å²) in [5.41, 5.74) is 8.99. The maximum Gasteiger partial charge on any atom is 0.338 e. The number of hydrogen-bond donors (Lipinski definition) is 3. The van der Waals surface area contributed by atoms with E-state index >= 15 is 0 Å². The molecule has 1 aromatic carbocycles. The molecule has 0 saturated heterocycles. The van der Waals surface area contributed by atoms with Gasteiger partial charge in [0.05, 0.1) is 19.2 Å². The highest BCUT2D eigenvalue weighted by Crippen LogP contribution is 2.24. The molecule has 1 aromatic rings. The van der Waals surface area contributed by atoms with Crippen LogP contribution in [0.1, 0.15) is 27.0 Å². The summed E-state index contributed by atoms with van der Waals surface area (Å²) in [5, 5.41) is 11.3. The van der Waals surface area contributed by atoms with Crippen molar-refractivity contribution in [2.75, 3.05) is 19.4 Å². The molecule has 0 amide bonds. The van der Waals surface area contributed by atoms with Gasteiger partial charge in [0, 0.05) is 12.2 Å². The van der Waals surface area contributed by atoms with E-state index < -0.39 is 11.9 Å². The number of carbonyl (C=O) groups is 2. The first-order valence-corrected chi connectivity index (χ1v) is 5.77. The van der Waals surface area contributed by atoms with E-state index in [1.165, 1.54) is 7.11 Å². The van der Waals surface area contributed by atoms with Crippen molar-refractivity contribution in [3.63, 3.8) is 0 Å². The third-order valence-electron chi connectivity index (χ3n) is 2.98. The maximum atomic E-state index is 11.7. The van der Waals surface area contributed by atoms with Crippen LogP contribution in [-0.4, -0.2) is 30.7 Å². The second-order valence-corrected chi connectivity index (χ2v) is 4.24. The number of benzene rings is 1. The molecule has 0 aliphatic carbocycles. The Labute approximate surface area is 111 Å². The lowest BCUT2D eigenvalue weighted by Gasteiger charge is -2.15. The molecule has 19 heavy (non-hydrogen) atoms. The van der Waals surface area contributed by atoms with Crippen molar-refractivity contribution in [2.45, 2.75) is 20.4 Å². The van der Waals surface area contributed by atoms with Crippen LogP contribution < -0.4 is 11.1 Å². The van der Waals surface area contributed by atoms with Crippen LogP contribution in [0.3, 0.4) is 0 Å². The molecule has 0 saturated carbocycles. The van der Waals surface area contributed by atoms with E-state index in [-0.39, 0.29) is 6.54 Å². The van der Waals surface area contributed by atoms with E-state index in [0.717, 1.165) is 11.1 Å². The predicted molar refractivity (Wildman–Crippen MR) is 71.0 cm³/mol. The number of anilines is 1. The number of esters is 1. The second-order valence-electron chi connectivity index (χ2n) is 4.24. The summed E-state index contributed by atoms with van der Waals surface area (Å²) in [6.07, 6.45) is 0. The van der Waals surface area contributed by atoms with Crippen molar-refractivity contribution >= 4 is 17.6 Å². The third-order valence-corrected chi connectivity index (χ3v) is 2.98. The molecule has 0 aliphatic heterocycles. The van der Waals surface area contributed by atoms with E-state index in [9.17, 15) is 9.59 Å². The first-order chi connectivity index (χ1) is 8.88. The Morgan fingerprint density at radius 1 is 1.37 bits per heavy atom. The van der Waals surface area contributed by atoms with Gasteiger partial charge in [-0.3, -0.25) is 4.79 Å². The highest BCUT2D eigenvalue weighted by molar-refractivity contribution is 5.94. The molecular weight excluding hydrogens is 248 g/mol. The average Bonchev–Trinajstić information content (AvgIpc) is 2.35. The average molecular weight is 266 g/mol. The molecule has 104 valence electrons. The van der Waals surface area contributed by atoms with Gasteiger partial charge in [0.25, 0.3) is 0 Å². The summed E-state index contributed by atoms with van der Waals surface area (Å²) in [7, 11) is 1.31. The number of nitrogens with one attached hydrogen (secondary N) is 1. The first-order valence-electron chi connectivity index (χ1n) is 5.77. The van der Waals surface area contributed by atoms with Crippen molar-refractivity contribution in [3.8, 4) is 0 Å². The number of rotatable bonds is 5. The van der Waals surface area contributed by atoms with E-state index in [0.29, 0.717) is 23.4 Å². The zero-order valence-electron chi connectivity index (χ0n) is 11.2. The SMILES string of the molecule is COC(=O)c1c(C)c(N)cc(CNCC(=O)O)c1C. The summed E-state index contributed by atoms with van der Waals surface area (Å²) in [6, 6.07) is 1.74. The predicted octanol–water partition coefficient (Wildman–Crippen LogP) is 0.846. The van der Waals surface area contributed by atoms with Gasteiger partial charge < -0.3 is 20.9 Å². The quantitative estimate of drug-likeness (QED) is 0.539. The molecule has 0 fully saturated rings. The highest BCUT2D eigenvalue weighted by atomic mass is 16.5. The number of aliphatic carboxylic acids is 1. The lowest BCUT2D eigenvalue weighted by molar-refractivity contribution is -0.136. The van der Waals surface area contributed by atoms with Crippen LogP contribution in [0.25, 0.3) is 0 Å². The third kappa shape index (κ3) is 3.45. The van der Waals surface area contributed by atoms with E-state index in [2.05, 4.69) is 5.32 Å². The second kappa shape index (κ2) is 6.19. The summed E-state index contributed by atoms with van der Waals surface area (Å²) >= 11 is 0. The molecule has 1 rings (SSSR count). The number of nitrogens with two attached hydrogens (primary N) is 1. The van der Waals surface area contributed by atoms with Crippen LogP contribution in [0.5, 0.6) is 0 Å². The monoisotopic (exact) mass is 266 g/mol. The van der Waals surface area contributed by atoms with Crippen LogP contribution in [0.15, 0.2) is 6.07 Å². The minimum atomic E-state index is -0.939. The number of carbonyl (C=O) groups excluding carboxylic acids is 1. The van der Waals surface area contributed by atoms with Crippen LogP contribution in [-0.2, 0) is 16.1 Å². The van der Waals surface area contributed by atoms with Crippen LogP contribution >= 0.6 is 0 Å². The largest absolute Gasteiger partial charge is 0.480 e. The molecule has 6 nitrogen and oxygen atoms in total. The Bertz CT molecular complexity index is 512. The number of carboxylic acid groups (broad SMARTS) is 1. The minimum Gasteiger partial charge on any atom is -0.480 e. The van der Waals surface area contributed by atoms with Gasteiger partial charge in [-0.25, -0.2) is 4.79 Å². The smallest absolute Gasteiger partial charge is 0.338 e. The molecule has 0 bridgehead atoms. The van der Waals surface area contributed by atoms with Gasteiger partial charge >= 0.3 is 11.9 Å². The highest BCUT2D eigenvalue weighted by Gasteiger charge is 2.17. The molecule has 0 radical (unpaired) electrons. The zero-order chi connectivity index (χ0) is 14.6. The number of ether oxygens (including phenoxy) is 1. The van der Waals surface area contributed by atoms with Crippen molar-refractivity contribution < 1.29 is 19.4 Å². The lowest BCUT2D eigenvalue weighted by atomic mass is 9.96. The van der Waals surface area contributed by atoms with Crippen molar-refractivity contribution in [1.29, 1.82) is 0 Å². The number of methoxy groups -OCH3 is 1. The minimum absolute atomic E-state index is 0.152. The van der Waals surface area contributed by atoms with E-state index in [4.69, 9.17) is 15.6 Å².